The second-order valence-electron chi connectivity index (χ2n) is 6.55. The van der Waals surface area contributed by atoms with Crippen LogP contribution in [0.15, 0.2) is 30.3 Å². The molecule has 1 aromatic rings. The minimum atomic E-state index is -0.741. The fourth-order valence-corrected chi connectivity index (χ4v) is 3.93. The van der Waals surface area contributed by atoms with Gasteiger partial charge in [0, 0.05) is 19.5 Å². The van der Waals surface area contributed by atoms with Crippen molar-refractivity contribution in [2.75, 3.05) is 19.7 Å². The molecule has 1 aromatic carbocycles. The minimum absolute atomic E-state index is 0.0884. The standard InChI is InChI=1S/C18H27NO2/c20-18(16-9-5-2-6-10-16,17-14-19-11-12-21-17)13-15-7-3-1-4-8-15/h1,3-4,7-8,16-17,19-20H,2,5-6,9-14H2/t17-,18-/m1/s1. The Balaban J connectivity index is 1.81. The number of aliphatic hydroxyl groups is 1. The summed E-state index contributed by atoms with van der Waals surface area (Å²) in [5.74, 6) is 0.358. The molecule has 0 radical (unpaired) electrons. The van der Waals surface area contributed by atoms with Gasteiger partial charge in [-0.05, 0) is 24.3 Å². The van der Waals surface area contributed by atoms with Gasteiger partial charge in [0.2, 0.25) is 0 Å². The van der Waals surface area contributed by atoms with Crippen molar-refractivity contribution in [3.05, 3.63) is 35.9 Å². The molecule has 116 valence electrons. The average molecular weight is 289 g/mol. The minimum Gasteiger partial charge on any atom is -0.386 e. The largest absolute Gasteiger partial charge is 0.386 e. The molecule has 0 amide bonds. The summed E-state index contributed by atoms with van der Waals surface area (Å²) in [5, 5.41) is 14.9. The zero-order valence-electron chi connectivity index (χ0n) is 12.8. The number of hydrogen-bond donors (Lipinski definition) is 2. The third-order valence-corrected chi connectivity index (χ3v) is 5.13. The molecule has 1 saturated carbocycles. The van der Waals surface area contributed by atoms with E-state index in [2.05, 4.69) is 29.6 Å². The Morgan fingerprint density at radius 2 is 1.90 bits per heavy atom. The van der Waals surface area contributed by atoms with Gasteiger partial charge in [0.05, 0.1) is 18.3 Å². The molecular weight excluding hydrogens is 262 g/mol. The molecule has 3 rings (SSSR count). The molecule has 2 atom stereocenters. The van der Waals surface area contributed by atoms with Crippen LogP contribution in [0.1, 0.15) is 37.7 Å². The lowest BCUT2D eigenvalue weighted by Gasteiger charge is -2.45. The molecule has 2 aliphatic rings. The molecule has 0 unspecified atom stereocenters. The smallest absolute Gasteiger partial charge is 0.0992 e. The van der Waals surface area contributed by atoms with Gasteiger partial charge in [0.15, 0.2) is 0 Å². The average Bonchev–Trinajstić information content (AvgIpc) is 2.57. The van der Waals surface area contributed by atoms with Gasteiger partial charge in [-0.3, -0.25) is 0 Å². The first-order valence-corrected chi connectivity index (χ1v) is 8.37. The first-order chi connectivity index (χ1) is 10.3. The van der Waals surface area contributed by atoms with E-state index in [0.717, 1.165) is 25.9 Å². The van der Waals surface area contributed by atoms with E-state index in [9.17, 15) is 5.11 Å². The Hall–Kier alpha value is -0.900. The maximum atomic E-state index is 11.5. The van der Waals surface area contributed by atoms with Gasteiger partial charge < -0.3 is 15.2 Å². The van der Waals surface area contributed by atoms with E-state index in [1.165, 1.54) is 24.8 Å². The fraction of sp³-hybridized carbons (Fsp3) is 0.667. The molecule has 3 heteroatoms. The van der Waals surface area contributed by atoms with E-state index in [-0.39, 0.29) is 6.10 Å². The van der Waals surface area contributed by atoms with Crippen LogP contribution >= 0.6 is 0 Å². The van der Waals surface area contributed by atoms with Crippen LogP contribution in [0.25, 0.3) is 0 Å². The first kappa shape index (κ1) is 15.0. The number of benzene rings is 1. The van der Waals surface area contributed by atoms with Crippen LogP contribution < -0.4 is 5.32 Å². The van der Waals surface area contributed by atoms with Crippen molar-refractivity contribution in [3.8, 4) is 0 Å². The highest BCUT2D eigenvalue weighted by Gasteiger charge is 2.45. The summed E-state index contributed by atoms with van der Waals surface area (Å²) in [7, 11) is 0. The Bertz CT molecular complexity index is 404. The first-order valence-electron chi connectivity index (χ1n) is 8.37. The summed E-state index contributed by atoms with van der Waals surface area (Å²) in [5.41, 5.74) is 0.467. The van der Waals surface area contributed by atoms with E-state index >= 15 is 0 Å². The van der Waals surface area contributed by atoms with Gasteiger partial charge in [-0.15, -0.1) is 0 Å². The van der Waals surface area contributed by atoms with Gasteiger partial charge in [-0.25, -0.2) is 0 Å². The zero-order valence-corrected chi connectivity index (χ0v) is 12.8. The Morgan fingerprint density at radius 3 is 2.57 bits per heavy atom. The summed E-state index contributed by atoms with van der Waals surface area (Å²) in [6.07, 6.45) is 6.65. The molecule has 2 N–H and O–H groups in total. The van der Waals surface area contributed by atoms with Gasteiger partial charge >= 0.3 is 0 Å². The second kappa shape index (κ2) is 6.91. The lowest BCUT2D eigenvalue weighted by molar-refractivity contribution is -0.154. The Morgan fingerprint density at radius 1 is 1.14 bits per heavy atom. The second-order valence-corrected chi connectivity index (χ2v) is 6.55. The van der Waals surface area contributed by atoms with Crippen LogP contribution in [0, 0.1) is 5.92 Å². The Kier molecular flexibility index (Phi) is 4.94. The van der Waals surface area contributed by atoms with Crippen LogP contribution in [0.4, 0.5) is 0 Å². The van der Waals surface area contributed by atoms with Crippen LogP contribution in [0.3, 0.4) is 0 Å². The fourth-order valence-electron chi connectivity index (χ4n) is 3.93. The lowest BCUT2D eigenvalue weighted by atomic mass is 9.71. The van der Waals surface area contributed by atoms with Gasteiger partial charge in [-0.1, -0.05) is 49.6 Å². The SMILES string of the molecule is O[C@](Cc1ccccc1)(C1CCCCC1)[C@H]1CNCCO1. The maximum Gasteiger partial charge on any atom is 0.0992 e. The van der Waals surface area contributed by atoms with Crippen LogP contribution in [0.2, 0.25) is 0 Å². The van der Waals surface area contributed by atoms with Gasteiger partial charge in [-0.2, -0.15) is 0 Å². The quantitative estimate of drug-likeness (QED) is 0.895. The van der Waals surface area contributed by atoms with Crippen LogP contribution in [-0.4, -0.2) is 36.5 Å². The molecule has 0 spiro atoms. The molecule has 3 nitrogen and oxygen atoms in total. The highest BCUT2D eigenvalue weighted by Crippen LogP contribution is 2.38. The summed E-state index contributed by atoms with van der Waals surface area (Å²) in [6.45, 7) is 2.36. The van der Waals surface area contributed by atoms with Crippen LogP contribution in [0.5, 0.6) is 0 Å². The number of hydrogen-bond acceptors (Lipinski definition) is 3. The van der Waals surface area contributed by atoms with Gasteiger partial charge in [0.25, 0.3) is 0 Å². The van der Waals surface area contributed by atoms with Crippen molar-refractivity contribution >= 4 is 0 Å². The summed E-state index contributed by atoms with van der Waals surface area (Å²) in [6, 6.07) is 10.4. The molecule has 0 bridgehead atoms. The molecule has 0 aromatic heterocycles. The summed E-state index contributed by atoms with van der Waals surface area (Å²) in [4.78, 5) is 0. The summed E-state index contributed by atoms with van der Waals surface area (Å²) >= 11 is 0. The molecule has 21 heavy (non-hydrogen) atoms. The topological polar surface area (TPSA) is 41.5 Å². The van der Waals surface area contributed by atoms with Crippen molar-refractivity contribution in [3.63, 3.8) is 0 Å². The van der Waals surface area contributed by atoms with Gasteiger partial charge in [0.1, 0.15) is 0 Å². The molecule has 2 fully saturated rings. The maximum absolute atomic E-state index is 11.5. The van der Waals surface area contributed by atoms with Crippen molar-refractivity contribution < 1.29 is 9.84 Å². The molecule has 1 aliphatic carbocycles. The predicted octanol–water partition coefficient (Wildman–Crippen LogP) is 2.53. The van der Waals surface area contributed by atoms with E-state index in [0.29, 0.717) is 18.9 Å². The zero-order chi connectivity index (χ0) is 14.5. The normalized spacial score (nSPS) is 27.2. The van der Waals surface area contributed by atoms with E-state index in [1.54, 1.807) is 0 Å². The number of morpholine rings is 1. The van der Waals surface area contributed by atoms with E-state index in [4.69, 9.17) is 4.74 Å². The highest BCUT2D eigenvalue weighted by atomic mass is 16.5. The third kappa shape index (κ3) is 3.47. The highest BCUT2D eigenvalue weighted by molar-refractivity contribution is 5.19. The number of ether oxygens (including phenoxy) is 1. The van der Waals surface area contributed by atoms with E-state index in [1.807, 2.05) is 6.07 Å². The molecular formula is C18H27NO2. The summed E-state index contributed by atoms with van der Waals surface area (Å²) < 4.78 is 5.96. The Labute approximate surface area is 127 Å². The van der Waals surface area contributed by atoms with Crippen molar-refractivity contribution in [2.24, 2.45) is 5.92 Å². The molecule has 1 heterocycles. The monoisotopic (exact) mass is 289 g/mol. The molecule has 1 saturated heterocycles. The third-order valence-electron chi connectivity index (χ3n) is 5.13. The van der Waals surface area contributed by atoms with Crippen molar-refractivity contribution in [2.45, 2.75) is 50.2 Å². The van der Waals surface area contributed by atoms with Crippen molar-refractivity contribution in [1.29, 1.82) is 0 Å². The number of rotatable bonds is 4. The van der Waals surface area contributed by atoms with E-state index < -0.39 is 5.60 Å². The predicted molar refractivity (Wildman–Crippen MR) is 84.3 cm³/mol. The van der Waals surface area contributed by atoms with Crippen molar-refractivity contribution in [1.82, 2.24) is 5.32 Å². The lowest BCUT2D eigenvalue weighted by Crippen LogP contribution is -2.58. The molecule has 1 aliphatic heterocycles. The van der Waals surface area contributed by atoms with Crippen LogP contribution in [-0.2, 0) is 11.2 Å². The number of nitrogens with one attached hydrogen (secondary N) is 1.